The Morgan fingerprint density at radius 2 is 1.58 bits per heavy atom. The number of hydrogen-bond donors (Lipinski definition) is 0. The Hall–Kier alpha value is -2.54. The Labute approximate surface area is 155 Å². The number of rotatable bonds is 0. The first-order chi connectivity index (χ1) is 12.8. The zero-order chi connectivity index (χ0) is 17.3. The van der Waals surface area contributed by atoms with Gasteiger partial charge in [0.1, 0.15) is 0 Å². The Morgan fingerprint density at radius 3 is 2.46 bits per heavy atom. The minimum Gasteiger partial charge on any atom is -0.360 e. The molecule has 0 fully saturated rings. The van der Waals surface area contributed by atoms with Crippen molar-refractivity contribution in [1.82, 2.24) is 0 Å². The lowest BCUT2D eigenvalue weighted by molar-refractivity contribution is 0.321. The molecule has 3 aliphatic rings. The van der Waals surface area contributed by atoms with E-state index in [2.05, 4.69) is 78.6 Å². The van der Waals surface area contributed by atoms with Gasteiger partial charge in [0, 0.05) is 18.2 Å². The van der Waals surface area contributed by atoms with Crippen LogP contribution in [0.5, 0.6) is 0 Å². The fraction of sp³-hybridized carbons (Fsp3) is 0.280. The highest BCUT2D eigenvalue weighted by Gasteiger charge is 2.47. The van der Waals surface area contributed by atoms with Gasteiger partial charge in [0.05, 0.1) is 6.04 Å². The summed E-state index contributed by atoms with van der Waals surface area (Å²) in [4.78, 5) is 2.69. The third-order valence-corrected chi connectivity index (χ3v) is 6.85. The van der Waals surface area contributed by atoms with E-state index in [9.17, 15) is 0 Å². The molecule has 26 heavy (non-hydrogen) atoms. The molecule has 1 nitrogen and oxygen atoms in total. The first kappa shape index (κ1) is 14.6. The topological polar surface area (TPSA) is 3.24 Å². The Bertz CT molecular complexity index is 1020. The van der Waals surface area contributed by atoms with Crippen LogP contribution in [0.15, 0.2) is 66.7 Å². The maximum absolute atomic E-state index is 2.69. The molecule has 3 aromatic rings. The second kappa shape index (κ2) is 5.23. The highest BCUT2D eigenvalue weighted by atomic mass is 15.2. The SMILES string of the molecule is Cc1ccc2c(c1)[C@@H]1c3ccccc3CC[C@@H]1[C@H]1c3ccccc3CN21. The smallest absolute Gasteiger partial charge is 0.0587 e. The van der Waals surface area contributed by atoms with E-state index < -0.39 is 0 Å². The van der Waals surface area contributed by atoms with Gasteiger partial charge in [-0.1, -0.05) is 66.2 Å². The van der Waals surface area contributed by atoms with Gasteiger partial charge >= 0.3 is 0 Å². The molecule has 3 atom stereocenters. The van der Waals surface area contributed by atoms with Gasteiger partial charge in [0.2, 0.25) is 0 Å². The van der Waals surface area contributed by atoms with E-state index in [1.165, 1.54) is 29.7 Å². The van der Waals surface area contributed by atoms with Gasteiger partial charge in [-0.15, -0.1) is 0 Å². The van der Waals surface area contributed by atoms with Crippen molar-refractivity contribution in [1.29, 1.82) is 0 Å². The zero-order valence-electron chi connectivity index (χ0n) is 15.2. The number of nitrogens with zero attached hydrogens (tertiary/aromatic N) is 1. The van der Waals surface area contributed by atoms with Crippen LogP contribution in [0.3, 0.4) is 0 Å². The van der Waals surface area contributed by atoms with Crippen LogP contribution in [0.1, 0.15) is 51.8 Å². The molecule has 128 valence electrons. The number of anilines is 1. The van der Waals surface area contributed by atoms with Crippen LogP contribution in [0.2, 0.25) is 0 Å². The third-order valence-electron chi connectivity index (χ3n) is 6.85. The quantitative estimate of drug-likeness (QED) is 0.504. The summed E-state index contributed by atoms with van der Waals surface area (Å²) >= 11 is 0. The molecule has 3 aromatic carbocycles. The molecule has 2 aliphatic heterocycles. The van der Waals surface area contributed by atoms with E-state index >= 15 is 0 Å². The van der Waals surface area contributed by atoms with Crippen LogP contribution in [0, 0.1) is 12.8 Å². The summed E-state index contributed by atoms with van der Waals surface area (Å²) in [5.41, 5.74) is 10.6. The average molecular weight is 337 g/mol. The molecule has 0 bridgehead atoms. The van der Waals surface area contributed by atoms with Crippen LogP contribution >= 0.6 is 0 Å². The highest BCUT2D eigenvalue weighted by molar-refractivity contribution is 5.67. The van der Waals surface area contributed by atoms with Crippen molar-refractivity contribution in [3.63, 3.8) is 0 Å². The number of fused-ring (bicyclic) bond motifs is 10. The lowest BCUT2D eigenvalue weighted by Gasteiger charge is -2.47. The van der Waals surface area contributed by atoms with Crippen LogP contribution in [0.25, 0.3) is 0 Å². The molecule has 6 rings (SSSR count). The van der Waals surface area contributed by atoms with Gasteiger partial charge in [-0.25, -0.2) is 0 Å². The van der Waals surface area contributed by atoms with Gasteiger partial charge in [-0.3, -0.25) is 0 Å². The molecule has 0 radical (unpaired) electrons. The highest BCUT2D eigenvalue weighted by Crippen LogP contribution is 2.58. The third kappa shape index (κ3) is 1.86. The van der Waals surface area contributed by atoms with Crippen LogP contribution in [-0.4, -0.2) is 0 Å². The lowest BCUT2D eigenvalue weighted by atomic mass is 9.65. The van der Waals surface area contributed by atoms with Gasteiger partial charge in [-0.05, 0) is 59.6 Å². The molecular formula is C25H23N. The molecule has 0 unspecified atom stereocenters. The summed E-state index contributed by atoms with van der Waals surface area (Å²) in [6.07, 6.45) is 2.50. The number of hydrogen-bond acceptors (Lipinski definition) is 1. The molecule has 0 amide bonds. The van der Waals surface area contributed by atoms with Crippen LogP contribution < -0.4 is 4.90 Å². The molecular weight excluding hydrogens is 314 g/mol. The molecule has 0 aromatic heterocycles. The zero-order valence-corrected chi connectivity index (χ0v) is 15.2. The van der Waals surface area contributed by atoms with E-state index in [0.29, 0.717) is 17.9 Å². The minimum absolute atomic E-state index is 0.528. The fourth-order valence-electron chi connectivity index (χ4n) is 5.82. The van der Waals surface area contributed by atoms with Crippen molar-refractivity contribution in [3.05, 3.63) is 100 Å². The maximum atomic E-state index is 2.69. The lowest BCUT2D eigenvalue weighted by Crippen LogP contribution is -2.39. The molecule has 0 spiro atoms. The Balaban J connectivity index is 1.63. The summed E-state index contributed by atoms with van der Waals surface area (Å²) in [5.74, 6) is 1.20. The van der Waals surface area contributed by atoms with E-state index in [4.69, 9.17) is 0 Å². The largest absolute Gasteiger partial charge is 0.360 e. The molecule has 2 heterocycles. The summed E-state index contributed by atoms with van der Waals surface area (Å²) < 4.78 is 0. The van der Waals surface area contributed by atoms with Crippen molar-refractivity contribution in [2.75, 3.05) is 4.90 Å². The van der Waals surface area contributed by atoms with Crippen molar-refractivity contribution in [2.24, 2.45) is 5.92 Å². The predicted octanol–water partition coefficient (Wildman–Crippen LogP) is 5.76. The molecule has 0 saturated heterocycles. The second-order valence-electron chi connectivity index (χ2n) is 8.21. The predicted molar refractivity (Wildman–Crippen MR) is 107 cm³/mol. The van der Waals surface area contributed by atoms with E-state index in [0.717, 1.165) is 6.54 Å². The van der Waals surface area contributed by atoms with Gasteiger partial charge in [0.25, 0.3) is 0 Å². The van der Waals surface area contributed by atoms with Crippen molar-refractivity contribution in [2.45, 2.75) is 38.3 Å². The fourth-order valence-corrected chi connectivity index (χ4v) is 5.82. The molecule has 0 N–H and O–H groups in total. The number of benzene rings is 3. The molecule has 0 saturated carbocycles. The van der Waals surface area contributed by atoms with Crippen molar-refractivity contribution < 1.29 is 0 Å². The van der Waals surface area contributed by atoms with E-state index in [1.54, 1.807) is 22.3 Å². The standard InChI is InChI=1S/C25H23N/c1-16-10-13-23-22(14-16)24-19-8-4-2-6-17(19)11-12-21(24)25-20-9-5-3-7-18(20)15-26(23)25/h2-10,13-14,21,24-25H,11-12,15H2,1H3/t21-,24+,25+/m0/s1. The number of aryl methyl sites for hydroxylation is 2. The summed E-state index contributed by atoms with van der Waals surface area (Å²) in [6.45, 7) is 3.29. The maximum Gasteiger partial charge on any atom is 0.0587 e. The minimum atomic E-state index is 0.528. The van der Waals surface area contributed by atoms with E-state index in [-0.39, 0.29) is 0 Å². The summed E-state index contributed by atoms with van der Waals surface area (Å²) in [6, 6.07) is 25.9. The average Bonchev–Trinajstić information content (AvgIpc) is 3.07. The van der Waals surface area contributed by atoms with E-state index in [1.807, 2.05) is 0 Å². The van der Waals surface area contributed by atoms with Gasteiger partial charge in [0.15, 0.2) is 0 Å². The Kier molecular flexibility index (Phi) is 2.94. The second-order valence-corrected chi connectivity index (χ2v) is 8.21. The van der Waals surface area contributed by atoms with Gasteiger partial charge < -0.3 is 4.90 Å². The first-order valence-corrected chi connectivity index (χ1v) is 9.84. The van der Waals surface area contributed by atoms with Crippen molar-refractivity contribution in [3.8, 4) is 0 Å². The van der Waals surface area contributed by atoms with Gasteiger partial charge in [-0.2, -0.15) is 0 Å². The molecule has 1 heteroatoms. The summed E-state index contributed by atoms with van der Waals surface area (Å²) in [7, 11) is 0. The first-order valence-electron chi connectivity index (χ1n) is 9.84. The van der Waals surface area contributed by atoms with Crippen LogP contribution in [-0.2, 0) is 13.0 Å². The normalized spacial score (nSPS) is 25.0. The monoisotopic (exact) mass is 337 g/mol. The Morgan fingerprint density at radius 1 is 0.808 bits per heavy atom. The van der Waals surface area contributed by atoms with Crippen molar-refractivity contribution >= 4 is 5.69 Å². The summed E-state index contributed by atoms with van der Waals surface area (Å²) in [5, 5.41) is 0. The molecule has 1 aliphatic carbocycles. The van der Waals surface area contributed by atoms with Crippen LogP contribution in [0.4, 0.5) is 5.69 Å².